The highest BCUT2D eigenvalue weighted by Crippen LogP contribution is 2.25. The molecule has 148 valence electrons. The van der Waals surface area contributed by atoms with Crippen molar-refractivity contribution in [1.29, 1.82) is 0 Å². The molecule has 0 radical (unpaired) electrons. The van der Waals surface area contributed by atoms with Gasteiger partial charge in [0, 0.05) is 49.3 Å². The van der Waals surface area contributed by atoms with E-state index >= 15 is 0 Å². The summed E-state index contributed by atoms with van der Waals surface area (Å²) in [6.45, 7) is 5.59. The van der Waals surface area contributed by atoms with Gasteiger partial charge >= 0.3 is 0 Å². The molecule has 2 aromatic heterocycles. The summed E-state index contributed by atoms with van der Waals surface area (Å²) in [6, 6.07) is 0.250. The number of nitrogens with zero attached hydrogens (tertiary/aromatic N) is 5. The smallest absolute Gasteiger partial charge is 0.288 e. The molecule has 1 atom stereocenters. The Hall–Kier alpha value is -2.77. The van der Waals surface area contributed by atoms with Crippen molar-refractivity contribution in [2.75, 3.05) is 30.4 Å². The summed E-state index contributed by atoms with van der Waals surface area (Å²) in [5.41, 5.74) is 4.33. The van der Waals surface area contributed by atoms with E-state index in [1.807, 2.05) is 20.0 Å². The SMILES string of the molecule is CNC(=O)c1nc(C)c(C)c(N2CC[C@@H](Nc3ncc4c(n3)CCCC4)C2)n1. The van der Waals surface area contributed by atoms with Crippen LogP contribution in [0.3, 0.4) is 0 Å². The number of aromatic nitrogens is 4. The summed E-state index contributed by atoms with van der Waals surface area (Å²) >= 11 is 0. The molecule has 2 aliphatic rings. The van der Waals surface area contributed by atoms with E-state index in [2.05, 4.69) is 30.5 Å². The minimum Gasteiger partial charge on any atom is -0.354 e. The van der Waals surface area contributed by atoms with E-state index in [0.29, 0.717) is 5.95 Å². The maximum Gasteiger partial charge on any atom is 0.288 e. The van der Waals surface area contributed by atoms with Gasteiger partial charge in [0.1, 0.15) is 5.82 Å². The lowest BCUT2D eigenvalue weighted by molar-refractivity contribution is 0.0952. The molecule has 1 fully saturated rings. The van der Waals surface area contributed by atoms with Crippen molar-refractivity contribution in [3.05, 3.63) is 34.5 Å². The van der Waals surface area contributed by atoms with Gasteiger partial charge in [0.25, 0.3) is 5.91 Å². The molecule has 0 spiro atoms. The molecule has 4 rings (SSSR count). The van der Waals surface area contributed by atoms with E-state index in [1.54, 1.807) is 7.05 Å². The Morgan fingerprint density at radius 2 is 2.00 bits per heavy atom. The predicted molar refractivity (Wildman–Crippen MR) is 108 cm³/mol. The zero-order valence-electron chi connectivity index (χ0n) is 16.7. The van der Waals surface area contributed by atoms with E-state index in [1.165, 1.54) is 24.1 Å². The molecule has 1 aliphatic carbocycles. The molecular formula is C20H27N7O. The Labute approximate surface area is 165 Å². The quantitative estimate of drug-likeness (QED) is 0.834. The first-order chi connectivity index (χ1) is 13.5. The number of fused-ring (bicyclic) bond motifs is 1. The molecule has 8 nitrogen and oxygen atoms in total. The first-order valence-electron chi connectivity index (χ1n) is 9.98. The number of hydrogen-bond acceptors (Lipinski definition) is 7. The predicted octanol–water partition coefficient (Wildman–Crippen LogP) is 1.81. The van der Waals surface area contributed by atoms with Gasteiger partial charge in [0.05, 0.1) is 0 Å². The Bertz CT molecular complexity index is 898. The van der Waals surface area contributed by atoms with Crippen molar-refractivity contribution >= 4 is 17.7 Å². The van der Waals surface area contributed by atoms with Crippen LogP contribution in [0.15, 0.2) is 6.20 Å². The summed E-state index contributed by atoms with van der Waals surface area (Å²) in [4.78, 5) is 32.3. The number of amides is 1. The van der Waals surface area contributed by atoms with Crippen LogP contribution in [-0.4, -0.2) is 52.0 Å². The van der Waals surface area contributed by atoms with Crippen LogP contribution in [0.2, 0.25) is 0 Å². The van der Waals surface area contributed by atoms with Crippen LogP contribution < -0.4 is 15.5 Å². The van der Waals surface area contributed by atoms with Gasteiger partial charge in [-0.05, 0) is 51.5 Å². The molecular weight excluding hydrogens is 354 g/mol. The van der Waals surface area contributed by atoms with E-state index in [-0.39, 0.29) is 17.8 Å². The van der Waals surface area contributed by atoms with Gasteiger partial charge in [-0.15, -0.1) is 0 Å². The summed E-state index contributed by atoms with van der Waals surface area (Å²) < 4.78 is 0. The molecule has 1 amide bonds. The monoisotopic (exact) mass is 381 g/mol. The van der Waals surface area contributed by atoms with Gasteiger partial charge < -0.3 is 15.5 Å². The average Bonchev–Trinajstić information content (AvgIpc) is 3.17. The fourth-order valence-corrected chi connectivity index (χ4v) is 3.93. The van der Waals surface area contributed by atoms with Gasteiger partial charge in [0.15, 0.2) is 0 Å². The third kappa shape index (κ3) is 3.63. The van der Waals surface area contributed by atoms with Crippen LogP contribution in [0.25, 0.3) is 0 Å². The summed E-state index contributed by atoms with van der Waals surface area (Å²) in [7, 11) is 1.59. The third-order valence-electron chi connectivity index (χ3n) is 5.68. The normalized spacial score (nSPS) is 18.7. The molecule has 1 saturated heterocycles. The number of carbonyl (C=O) groups excluding carboxylic acids is 1. The topological polar surface area (TPSA) is 95.9 Å². The number of hydrogen-bond donors (Lipinski definition) is 2. The lowest BCUT2D eigenvalue weighted by Crippen LogP contribution is -2.29. The largest absolute Gasteiger partial charge is 0.354 e. The second-order valence-corrected chi connectivity index (χ2v) is 7.61. The average molecular weight is 381 g/mol. The molecule has 3 heterocycles. The van der Waals surface area contributed by atoms with Crippen molar-refractivity contribution in [1.82, 2.24) is 25.3 Å². The second-order valence-electron chi connectivity index (χ2n) is 7.61. The van der Waals surface area contributed by atoms with E-state index < -0.39 is 0 Å². The molecule has 8 heteroatoms. The van der Waals surface area contributed by atoms with Crippen molar-refractivity contribution < 1.29 is 4.79 Å². The molecule has 0 bridgehead atoms. The van der Waals surface area contributed by atoms with Gasteiger partial charge in [0.2, 0.25) is 11.8 Å². The lowest BCUT2D eigenvalue weighted by atomic mass is 9.98. The molecule has 28 heavy (non-hydrogen) atoms. The van der Waals surface area contributed by atoms with Crippen LogP contribution >= 0.6 is 0 Å². The fourth-order valence-electron chi connectivity index (χ4n) is 3.93. The zero-order valence-corrected chi connectivity index (χ0v) is 16.7. The Kier molecular flexibility index (Phi) is 5.11. The van der Waals surface area contributed by atoms with Crippen molar-refractivity contribution in [2.24, 2.45) is 0 Å². The first-order valence-corrected chi connectivity index (χ1v) is 9.98. The molecule has 0 saturated carbocycles. The number of nitrogens with one attached hydrogen (secondary N) is 2. The van der Waals surface area contributed by atoms with Gasteiger partial charge in [-0.25, -0.2) is 19.9 Å². The molecule has 2 aromatic rings. The van der Waals surface area contributed by atoms with Gasteiger partial charge in [-0.3, -0.25) is 4.79 Å². The van der Waals surface area contributed by atoms with Crippen LogP contribution in [0.4, 0.5) is 11.8 Å². The number of aryl methyl sites for hydroxylation is 3. The molecule has 0 aromatic carbocycles. The van der Waals surface area contributed by atoms with Gasteiger partial charge in [-0.2, -0.15) is 0 Å². The van der Waals surface area contributed by atoms with Crippen LogP contribution in [0, 0.1) is 13.8 Å². The highest BCUT2D eigenvalue weighted by atomic mass is 16.2. The summed E-state index contributed by atoms with van der Waals surface area (Å²) in [6.07, 6.45) is 7.53. The maximum atomic E-state index is 12.0. The van der Waals surface area contributed by atoms with E-state index in [4.69, 9.17) is 4.98 Å². The van der Waals surface area contributed by atoms with Gasteiger partial charge in [-0.1, -0.05) is 0 Å². The molecule has 2 N–H and O–H groups in total. The number of anilines is 2. The zero-order chi connectivity index (χ0) is 19.7. The lowest BCUT2D eigenvalue weighted by Gasteiger charge is -2.21. The summed E-state index contributed by atoms with van der Waals surface area (Å²) in [5, 5.41) is 6.09. The number of rotatable bonds is 4. The van der Waals surface area contributed by atoms with E-state index in [9.17, 15) is 4.79 Å². The standard InChI is InChI=1S/C20H27N7O/c1-12-13(2)23-17(19(28)21-3)26-18(12)27-9-8-15(11-27)24-20-22-10-14-6-4-5-7-16(14)25-20/h10,15H,4-9,11H2,1-3H3,(H,21,28)(H,22,24,25)/t15-/m1/s1. The summed E-state index contributed by atoms with van der Waals surface area (Å²) in [5.74, 6) is 1.51. The van der Waals surface area contributed by atoms with E-state index in [0.717, 1.165) is 49.4 Å². The van der Waals surface area contributed by atoms with Crippen LogP contribution in [0.5, 0.6) is 0 Å². The fraction of sp³-hybridized carbons (Fsp3) is 0.550. The van der Waals surface area contributed by atoms with Crippen LogP contribution in [-0.2, 0) is 12.8 Å². The third-order valence-corrected chi connectivity index (χ3v) is 5.68. The Balaban J connectivity index is 1.48. The molecule has 1 aliphatic heterocycles. The minimum absolute atomic E-state index is 0.218. The molecule has 0 unspecified atom stereocenters. The first kappa shape index (κ1) is 18.6. The van der Waals surface area contributed by atoms with Crippen molar-refractivity contribution in [2.45, 2.75) is 52.0 Å². The van der Waals surface area contributed by atoms with Crippen LogP contribution in [0.1, 0.15) is 52.4 Å². The second kappa shape index (κ2) is 7.69. The maximum absolute atomic E-state index is 12.0. The number of carbonyl (C=O) groups is 1. The Morgan fingerprint density at radius 1 is 1.18 bits per heavy atom. The van der Waals surface area contributed by atoms with Crippen molar-refractivity contribution in [3.8, 4) is 0 Å². The minimum atomic E-state index is -0.263. The Morgan fingerprint density at radius 3 is 2.82 bits per heavy atom. The highest BCUT2D eigenvalue weighted by Gasteiger charge is 2.27. The van der Waals surface area contributed by atoms with Crippen molar-refractivity contribution in [3.63, 3.8) is 0 Å². The highest BCUT2D eigenvalue weighted by molar-refractivity contribution is 5.90.